The van der Waals surface area contributed by atoms with Gasteiger partial charge in [0.2, 0.25) is 5.82 Å². The van der Waals surface area contributed by atoms with E-state index in [1.807, 2.05) is 30.3 Å². The number of rotatable bonds is 4. The minimum Gasteiger partial charge on any atom is -0.476 e. The Morgan fingerprint density at radius 3 is 2.68 bits per heavy atom. The van der Waals surface area contributed by atoms with Gasteiger partial charge in [0.05, 0.1) is 5.56 Å². The number of imidazole rings is 1. The lowest BCUT2D eigenvalue weighted by Crippen LogP contribution is -1.99. The zero-order chi connectivity index (χ0) is 17.2. The van der Waals surface area contributed by atoms with Crippen LogP contribution in [0.3, 0.4) is 0 Å². The number of benzene rings is 1. The highest BCUT2D eigenvalue weighted by Crippen LogP contribution is 2.26. The highest BCUT2D eigenvalue weighted by molar-refractivity contribution is 5.85. The first-order valence-corrected chi connectivity index (χ1v) is 7.34. The molecule has 0 aliphatic carbocycles. The van der Waals surface area contributed by atoms with Gasteiger partial charge in [-0.15, -0.1) is 0 Å². The second kappa shape index (κ2) is 6.00. The Bertz CT molecular complexity index is 1040. The summed E-state index contributed by atoms with van der Waals surface area (Å²) in [5.74, 6) is 0.0842. The van der Waals surface area contributed by atoms with Crippen molar-refractivity contribution in [1.82, 2.24) is 24.7 Å². The van der Waals surface area contributed by atoms with E-state index in [-0.39, 0.29) is 11.6 Å². The summed E-state index contributed by atoms with van der Waals surface area (Å²) in [6.07, 6.45) is 4.35. The number of nitrogens with zero attached hydrogens (tertiary/aromatic N) is 5. The molecule has 0 atom stereocenters. The van der Waals surface area contributed by atoms with Crippen molar-refractivity contribution in [2.24, 2.45) is 0 Å². The Hall–Kier alpha value is -3.81. The molecule has 25 heavy (non-hydrogen) atoms. The zero-order valence-electron chi connectivity index (χ0n) is 12.8. The van der Waals surface area contributed by atoms with Gasteiger partial charge in [0.1, 0.15) is 6.33 Å². The van der Waals surface area contributed by atoms with Crippen LogP contribution >= 0.6 is 0 Å². The first-order valence-electron chi connectivity index (χ1n) is 7.34. The van der Waals surface area contributed by atoms with E-state index in [2.05, 4.69) is 20.1 Å². The van der Waals surface area contributed by atoms with Crippen LogP contribution in [-0.2, 0) is 0 Å². The molecule has 0 amide bonds. The van der Waals surface area contributed by atoms with E-state index in [0.717, 1.165) is 5.56 Å². The molecule has 4 aromatic rings. The molecule has 0 fully saturated rings. The van der Waals surface area contributed by atoms with Crippen molar-refractivity contribution >= 4 is 5.97 Å². The molecule has 0 aliphatic heterocycles. The van der Waals surface area contributed by atoms with Crippen molar-refractivity contribution in [3.63, 3.8) is 0 Å². The lowest BCUT2D eigenvalue weighted by atomic mass is 10.2. The van der Waals surface area contributed by atoms with E-state index in [9.17, 15) is 4.79 Å². The molecule has 0 unspecified atom stereocenters. The fourth-order valence-corrected chi connectivity index (χ4v) is 2.36. The number of hydrogen-bond acceptors (Lipinski definition) is 6. The molecule has 0 saturated heterocycles. The molecule has 4 rings (SSSR count). The average Bonchev–Trinajstić information content (AvgIpc) is 3.32. The van der Waals surface area contributed by atoms with E-state index in [4.69, 9.17) is 9.63 Å². The van der Waals surface area contributed by atoms with Crippen molar-refractivity contribution in [3.05, 3.63) is 66.9 Å². The minimum absolute atomic E-state index is 0.0768. The fraction of sp³-hybridized carbons (Fsp3) is 0. The van der Waals surface area contributed by atoms with Gasteiger partial charge < -0.3 is 9.63 Å². The molecule has 1 N–H and O–H groups in total. The molecular formula is C17H11N5O3. The minimum atomic E-state index is -1.11. The van der Waals surface area contributed by atoms with Crippen LogP contribution in [0.2, 0.25) is 0 Å². The third-order valence-electron chi connectivity index (χ3n) is 3.52. The number of hydrogen-bond donors (Lipinski definition) is 1. The second-order valence-electron chi connectivity index (χ2n) is 5.14. The van der Waals surface area contributed by atoms with Crippen molar-refractivity contribution in [3.8, 4) is 28.7 Å². The predicted octanol–water partition coefficient (Wildman–Crippen LogP) is 2.68. The lowest BCUT2D eigenvalue weighted by molar-refractivity contribution is 0.0691. The molecule has 8 nitrogen and oxygen atoms in total. The van der Waals surface area contributed by atoms with Crippen LogP contribution in [0.5, 0.6) is 0 Å². The summed E-state index contributed by atoms with van der Waals surface area (Å²) in [7, 11) is 0. The quantitative estimate of drug-likeness (QED) is 0.612. The Morgan fingerprint density at radius 1 is 1.08 bits per heavy atom. The number of aromatic nitrogens is 5. The lowest BCUT2D eigenvalue weighted by Gasteiger charge is -2.04. The molecule has 3 aromatic heterocycles. The molecule has 0 saturated carbocycles. The molecule has 1 aromatic carbocycles. The van der Waals surface area contributed by atoms with E-state index >= 15 is 0 Å². The normalized spacial score (nSPS) is 10.7. The highest BCUT2D eigenvalue weighted by atomic mass is 16.5. The van der Waals surface area contributed by atoms with Crippen LogP contribution < -0.4 is 0 Å². The largest absolute Gasteiger partial charge is 0.476 e. The Morgan fingerprint density at radius 2 is 1.92 bits per heavy atom. The van der Waals surface area contributed by atoms with Gasteiger partial charge in [0.15, 0.2) is 11.5 Å². The van der Waals surface area contributed by atoms with Gasteiger partial charge in [-0.25, -0.2) is 14.8 Å². The molecule has 122 valence electrons. The van der Waals surface area contributed by atoms with Crippen LogP contribution in [0.4, 0.5) is 0 Å². The van der Waals surface area contributed by atoms with Crippen LogP contribution in [0.15, 0.2) is 65.7 Å². The van der Waals surface area contributed by atoms with Gasteiger partial charge in [0, 0.05) is 18.0 Å². The number of carbonyl (C=O) groups is 1. The zero-order valence-corrected chi connectivity index (χ0v) is 12.8. The number of carboxylic acid groups (broad SMARTS) is 1. The van der Waals surface area contributed by atoms with Crippen molar-refractivity contribution in [2.75, 3.05) is 0 Å². The maximum atomic E-state index is 11.0. The topological polar surface area (TPSA) is 107 Å². The van der Waals surface area contributed by atoms with Gasteiger partial charge in [-0.05, 0) is 12.1 Å². The van der Waals surface area contributed by atoms with E-state index in [1.54, 1.807) is 18.3 Å². The number of carboxylic acids is 1. The van der Waals surface area contributed by atoms with Gasteiger partial charge in [-0.3, -0.25) is 4.57 Å². The van der Waals surface area contributed by atoms with Gasteiger partial charge in [-0.2, -0.15) is 4.98 Å². The van der Waals surface area contributed by atoms with Gasteiger partial charge in [-0.1, -0.05) is 35.5 Å². The second-order valence-corrected chi connectivity index (χ2v) is 5.14. The average molecular weight is 333 g/mol. The summed E-state index contributed by atoms with van der Waals surface area (Å²) in [5, 5.41) is 13.0. The van der Waals surface area contributed by atoms with Crippen molar-refractivity contribution in [1.29, 1.82) is 0 Å². The third kappa shape index (κ3) is 2.76. The summed E-state index contributed by atoms with van der Waals surface area (Å²) >= 11 is 0. The van der Waals surface area contributed by atoms with E-state index < -0.39 is 5.97 Å². The molecule has 0 bridgehead atoms. The summed E-state index contributed by atoms with van der Waals surface area (Å²) in [6.45, 7) is 0. The van der Waals surface area contributed by atoms with Crippen LogP contribution in [-0.4, -0.2) is 35.8 Å². The van der Waals surface area contributed by atoms with Gasteiger partial charge >= 0.3 is 5.97 Å². The third-order valence-corrected chi connectivity index (χ3v) is 3.52. The SMILES string of the molecule is O=C(O)c1cn(-c2ncccc2-c2nc(-c3ccccc3)no2)cn1. The monoisotopic (exact) mass is 333 g/mol. The molecule has 8 heteroatoms. The first kappa shape index (κ1) is 14.8. The first-order chi connectivity index (χ1) is 12.2. The molecule has 0 spiro atoms. The number of pyridine rings is 1. The Balaban J connectivity index is 1.77. The van der Waals surface area contributed by atoms with Crippen LogP contribution in [0.1, 0.15) is 10.5 Å². The maximum Gasteiger partial charge on any atom is 0.356 e. The molecular weight excluding hydrogens is 322 g/mol. The van der Waals surface area contributed by atoms with Crippen LogP contribution in [0, 0.1) is 0 Å². The van der Waals surface area contributed by atoms with Crippen molar-refractivity contribution in [2.45, 2.75) is 0 Å². The summed E-state index contributed by atoms with van der Waals surface area (Å²) in [6, 6.07) is 13.0. The number of aromatic carboxylic acids is 1. The standard InChI is InChI=1S/C17H11N5O3/c23-17(24)13-9-22(10-19-13)15-12(7-4-8-18-15)16-20-14(21-25-16)11-5-2-1-3-6-11/h1-10H,(H,23,24). The highest BCUT2D eigenvalue weighted by Gasteiger charge is 2.17. The fourth-order valence-electron chi connectivity index (χ4n) is 2.36. The predicted molar refractivity (Wildman–Crippen MR) is 87.0 cm³/mol. The summed E-state index contributed by atoms with van der Waals surface area (Å²) in [4.78, 5) is 23.6. The van der Waals surface area contributed by atoms with Crippen LogP contribution in [0.25, 0.3) is 28.7 Å². The smallest absolute Gasteiger partial charge is 0.356 e. The van der Waals surface area contributed by atoms with E-state index in [0.29, 0.717) is 17.2 Å². The van der Waals surface area contributed by atoms with Gasteiger partial charge in [0.25, 0.3) is 5.89 Å². The molecule has 0 aliphatic rings. The summed E-state index contributed by atoms with van der Waals surface area (Å²) in [5.41, 5.74) is 1.33. The summed E-state index contributed by atoms with van der Waals surface area (Å²) < 4.78 is 6.88. The maximum absolute atomic E-state index is 11.0. The Kier molecular flexibility index (Phi) is 3.55. The van der Waals surface area contributed by atoms with E-state index in [1.165, 1.54) is 17.1 Å². The molecule has 0 radical (unpaired) electrons. The Labute approximate surface area is 141 Å². The molecule has 3 heterocycles. The van der Waals surface area contributed by atoms with Crippen molar-refractivity contribution < 1.29 is 14.4 Å².